The largest absolute Gasteiger partial charge is 0.354 e. The Labute approximate surface area is 714 Å². The van der Waals surface area contributed by atoms with Crippen molar-refractivity contribution in [2.24, 2.45) is 0 Å². The van der Waals surface area contributed by atoms with E-state index in [0.717, 1.165) is 211 Å². The minimum absolute atomic E-state index is 0.690. The smallest absolute Gasteiger partial charge is 0.223 e. The molecule has 11 heterocycles. The van der Waals surface area contributed by atoms with Crippen LogP contribution in [0.2, 0.25) is 0 Å². The van der Waals surface area contributed by atoms with Gasteiger partial charge in [-0.2, -0.15) is 0 Å². The summed E-state index contributed by atoms with van der Waals surface area (Å²) >= 11 is 1.79. The molecule has 6 aliphatic carbocycles. The molecule has 0 atom stereocenters. The van der Waals surface area contributed by atoms with Crippen molar-refractivity contribution in [1.82, 2.24) is 79.7 Å². The van der Waals surface area contributed by atoms with E-state index in [1.807, 2.05) is 197 Å². The van der Waals surface area contributed by atoms with Gasteiger partial charge in [0.05, 0.1) is 44.7 Å². The lowest BCUT2D eigenvalue weighted by Crippen LogP contribution is -2.05. The summed E-state index contributed by atoms with van der Waals surface area (Å²) in [7, 11) is 0. The van der Waals surface area contributed by atoms with Crippen LogP contribution in [0.15, 0.2) is 146 Å². The molecule has 22 nitrogen and oxygen atoms in total. The minimum Gasteiger partial charge on any atom is -0.354 e. The average Bonchev–Trinajstić information content (AvgIpc) is 1.81. The lowest BCUT2D eigenvalue weighted by Gasteiger charge is -2.09. The Kier molecular flexibility index (Phi) is 42.5. The zero-order chi connectivity index (χ0) is 85.5. The Morgan fingerprint density at radius 1 is 0.244 bits per heavy atom. The first-order valence-corrected chi connectivity index (χ1v) is 45.2. The molecule has 0 unspecified atom stereocenters. The predicted octanol–water partition coefficient (Wildman–Crippen LogP) is 22.2. The summed E-state index contributed by atoms with van der Waals surface area (Å²) in [5, 5.41) is 21.2. The van der Waals surface area contributed by atoms with Crippen molar-refractivity contribution in [3.8, 4) is 67.0 Å². The van der Waals surface area contributed by atoms with Crippen LogP contribution in [0.5, 0.6) is 0 Å². The number of aryl methyl sites for hydroxylation is 12. The highest BCUT2D eigenvalue weighted by atomic mass is 32.1. The summed E-state index contributed by atoms with van der Waals surface area (Å²) in [4.78, 5) is 72.8. The Hall–Kier alpha value is -11.2. The molecule has 632 valence electrons. The van der Waals surface area contributed by atoms with E-state index in [2.05, 4.69) is 185 Å². The molecule has 0 saturated carbocycles. The minimum atomic E-state index is 0.690. The van der Waals surface area contributed by atoms with Crippen molar-refractivity contribution in [1.29, 1.82) is 0 Å². The van der Waals surface area contributed by atoms with Crippen molar-refractivity contribution in [3.63, 3.8) is 0 Å². The van der Waals surface area contributed by atoms with Gasteiger partial charge in [0.25, 0.3) is 0 Å². The molecule has 18 rings (SSSR count). The van der Waals surface area contributed by atoms with E-state index < -0.39 is 0 Å². The fourth-order valence-electron chi connectivity index (χ4n) is 14.3. The maximum Gasteiger partial charge on any atom is 0.223 e. The fourth-order valence-corrected chi connectivity index (χ4v) is 15.2. The van der Waals surface area contributed by atoms with E-state index in [-0.39, 0.29) is 0 Å². The van der Waals surface area contributed by atoms with Crippen LogP contribution < -0.4 is 31.9 Å². The highest BCUT2D eigenvalue weighted by Gasteiger charge is 2.24. The molecule has 0 fully saturated rings. The summed E-state index contributed by atoms with van der Waals surface area (Å²) in [6, 6.07) is 23.2. The maximum atomic E-state index is 4.68. The monoisotopic (exact) mass is 1630 g/mol. The van der Waals surface area contributed by atoms with Gasteiger partial charge >= 0.3 is 0 Å². The number of nitrogens with zero attached hydrogens (tertiary/aromatic N) is 16. The van der Waals surface area contributed by atoms with Gasteiger partial charge in [-0.25, -0.2) is 59.8 Å². The topological polar surface area (TPSA) is 278 Å². The summed E-state index contributed by atoms with van der Waals surface area (Å²) in [6.45, 7) is 41.3. The third kappa shape index (κ3) is 26.6. The zero-order valence-corrected chi connectivity index (χ0v) is 75.2. The molecule has 0 bridgehead atoms. The molecular formula is C96H132N22S. The van der Waals surface area contributed by atoms with Crippen LogP contribution in [0, 0.1) is 0 Å². The first kappa shape index (κ1) is 94.9. The molecule has 0 amide bonds. The van der Waals surface area contributed by atoms with Crippen LogP contribution in [0.1, 0.15) is 230 Å². The molecule has 11 aromatic heterocycles. The zero-order valence-electron chi connectivity index (χ0n) is 74.4. The molecule has 0 radical (unpaired) electrons. The molecule has 12 aromatic rings. The normalized spacial score (nSPS) is 12.4. The average molecular weight is 1630 g/mol. The number of aromatic nitrogens is 16. The van der Waals surface area contributed by atoms with Crippen molar-refractivity contribution < 1.29 is 0 Å². The second-order valence-electron chi connectivity index (χ2n) is 26.7. The van der Waals surface area contributed by atoms with Gasteiger partial charge in [0.1, 0.15) is 0 Å². The third-order valence-corrected chi connectivity index (χ3v) is 20.3. The molecular weight excluding hydrogens is 1490 g/mol. The number of fused-ring (bicyclic) bond motifs is 18. The van der Waals surface area contributed by atoms with Crippen molar-refractivity contribution >= 4 is 47.0 Å². The van der Waals surface area contributed by atoms with Gasteiger partial charge in [0.15, 0.2) is 0 Å². The van der Waals surface area contributed by atoms with E-state index in [4.69, 9.17) is 0 Å². The number of thiophene rings is 1. The molecule has 0 spiro atoms. The molecule has 0 saturated heterocycles. The Balaban J connectivity index is 0.000000192. The van der Waals surface area contributed by atoms with Crippen LogP contribution in [0.3, 0.4) is 0 Å². The maximum absolute atomic E-state index is 4.68. The van der Waals surface area contributed by atoms with Crippen LogP contribution in [-0.4, -0.2) is 119 Å². The number of hydrogen-bond donors (Lipinski definition) is 6. The van der Waals surface area contributed by atoms with Gasteiger partial charge < -0.3 is 31.9 Å². The van der Waals surface area contributed by atoms with Crippen LogP contribution >= 0.6 is 11.3 Å². The van der Waals surface area contributed by atoms with Crippen LogP contribution in [-0.2, 0) is 77.0 Å². The van der Waals surface area contributed by atoms with Crippen LogP contribution in [0.25, 0.3) is 67.0 Å². The summed E-state index contributed by atoms with van der Waals surface area (Å²) in [5.74, 6) is 4.28. The van der Waals surface area contributed by atoms with Crippen molar-refractivity contribution in [3.05, 3.63) is 213 Å². The number of anilines is 6. The standard InChI is InChI=1S/C15H17N3.4C14H16N4.C13H15N3S.6C2H6/c1-2-16-15-17-10-12-8-5-7-11-6-3-4-9-13(11)14(12)18-15;1-2-15-14-17-9-10-5-3-7-12-11(13(10)18-14)6-4-8-16-12;1-2-15-14-17-9-11-6-3-5-10-7-4-8-16-12(10)13(11)18-14;1-2-16-14-17-9-11-5-3-4-10-8-15-7-6-12(10)13(11)18-14;1-2-16-14-17-8-11-5-3-4-10-6-7-15-9-12(10)13(11)18-14;1-2-14-13-15-8-10-5-3-4-9-6-7-17-12(9)11(10)16-13;6*1-2/h3-4,6,9-10H,2,5,7-8H2,1H3,(H,16,17,18);4,6,8-9H,2-3,5,7H2,1H3,(H,15,17,18);4,7-9H,2-3,5-6H2,1H3,(H,15,17,18);2*6-9H,2-5H2,1H3,(H,16,17,18);6-8H,2-5H2,1H3,(H,14,15,16);6*1-2H3. The molecule has 23 heteroatoms. The second kappa shape index (κ2) is 53.3. The van der Waals surface area contributed by atoms with Gasteiger partial charge in [-0.3, -0.25) is 19.9 Å². The van der Waals surface area contributed by atoms with Gasteiger partial charge in [-0.15, -0.1) is 11.3 Å². The number of pyridine rings is 4. The molecule has 0 aliphatic heterocycles. The van der Waals surface area contributed by atoms with E-state index in [1.165, 1.54) is 90.0 Å². The van der Waals surface area contributed by atoms with Gasteiger partial charge in [-0.1, -0.05) is 113 Å². The molecule has 6 N–H and O–H groups in total. The highest BCUT2D eigenvalue weighted by Crippen LogP contribution is 2.38. The van der Waals surface area contributed by atoms with Gasteiger partial charge in [0.2, 0.25) is 35.7 Å². The highest BCUT2D eigenvalue weighted by molar-refractivity contribution is 7.13. The molecule has 119 heavy (non-hydrogen) atoms. The fraction of sp³-hybridized carbons (Fsp3) is 0.438. The molecule has 6 aliphatic rings. The Bertz CT molecular complexity index is 4350. The van der Waals surface area contributed by atoms with E-state index >= 15 is 0 Å². The predicted molar refractivity (Wildman–Crippen MR) is 499 cm³/mol. The third-order valence-electron chi connectivity index (χ3n) is 19.3. The lowest BCUT2D eigenvalue weighted by molar-refractivity contribution is 0.810. The summed E-state index contributed by atoms with van der Waals surface area (Å²) < 4.78 is 0. The molecule has 1 aromatic carbocycles. The first-order valence-electron chi connectivity index (χ1n) is 44.3. The Morgan fingerprint density at radius 2 is 0.571 bits per heavy atom. The Morgan fingerprint density at radius 3 is 1.06 bits per heavy atom. The number of benzene rings is 1. The summed E-state index contributed by atoms with van der Waals surface area (Å²) in [6.07, 6.45) is 42.7. The van der Waals surface area contributed by atoms with Crippen molar-refractivity contribution in [2.75, 3.05) is 71.2 Å². The van der Waals surface area contributed by atoms with E-state index in [9.17, 15) is 0 Å². The number of hydrogen-bond acceptors (Lipinski definition) is 23. The van der Waals surface area contributed by atoms with Gasteiger partial charge in [0, 0.05) is 142 Å². The quantitative estimate of drug-likeness (QED) is 0.0663. The van der Waals surface area contributed by atoms with Crippen molar-refractivity contribution in [2.45, 2.75) is 240 Å². The number of rotatable bonds is 12. The first-order chi connectivity index (χ1) is 58.8. The lowest BCUT2D eigenvalue weighted by atomic mass is 10.0. The van der Waals surface area contributed by atoms with Gasteiger partial charge in [-0.05, 0) is 260 Å². The van der Waals surface area contributed by atoms with E-state index in [1.54, 1.807) is 11.3 Å². The second-order valence-corrected chi connectivity index (χ2v) is 27.6. The number of nitrogens with one attached hydrogen (secondary N) is 6. The van der Waals surface area contributed by atoms with Crippen LogP contribution in [0.4, 0.5) is 35.7 Å². The van der Waals surface area contributed by atoms with E-state index in [0.29, 0.717) is 23.8 Å². The summed E-state index contributed by atoms with van der Waals surface area (Å²) in [5.41, 5.74) is 27.6. The SMILES string of the molecule is CC.CC.CC.CC.CC.CC.CCNc1ncc2c(n1)-c1ccccc1CCC2.CCNc1ncc2c(n1)-c1cccnc1CCC2.CCNc1ncc2c(n1)-c1ccncc1CCC2.CCNc1ncc2c(n1)-c1cnccc1CCC2.CCNc1ncc2c(n1)-c1ncccc1CCC2.CCNc1ncc2c(n1)-c1sccc1CCC2.